The maximum atomic E-state index is 12.0. The highest BCUT2D eigenvalue weighted by molar-refractivity contribution is 5.97. The fraction of sp³-hybridized carbons (Fsp3) is 0.609. The van der Waals surface area contributed by atoms with Gasteiger partial charge in [0.05, 0.1) is 18.8 Å². The summed E-state index contributed by atoms with van der Waals surface area (Å²) in [6, 6.07) is 8.45. The van der Waals surface area contributed by atoms with Gasteiger partial charge in [-0.05, 0) is 31.7 Å². The monoisotopic (exact) mass is 481 g/mol. The van der Waals surface area contributed by atoms with Crippen molar-refractivity contribution in [2.75, 3.05) is 13.2 Å². The van der Waals surface area contributed by atoms with Gasteiger partial charge in [-0.15, -0.1) is 0 Å². The predicted octanol–water partition coefficient (Wildman–Crippen LogP) is -1.28. The second-order valence-electron chi connectivity index (χ2n) is 8.32. The van der Waals surface area contributed by atoms with Gasteiger partial charge in [0, 0.05) is 19.4 Å². The standard InChI is InChI=1S/C23H35N3O8/c1-14-19(29)20(30)21(31)23(34-14)33-12-11-25-17(27)9-5-6-10-18(28)26-22(32)16(24)13-15-7-3-2-4-8-15/h2-4,7-8,14,16,19-21,23,29-31H,5-6,9-13,24H2,1H3,(H,25,27)(H,26,28,32)/t14-,16-,19+,20+,21-,23+/m0/s1. The lowest BCUT2D eigenvalue weighted by atomic mass is 10.0. The van der Waals surface area contributed by atoms with Crippen LogP contribution in [0, 0.1) is 0 Å². The zero-order valence-corrected chi connectivity index (χ0v) is 19.3. The third-order valence-electron chi connectivity index (χ3n) is 5.47. The van der Waals surface area contributed by atoms with Crippen LogP contribution in [0.3, 0.4) is 0 Å². The molecule has 6 atom stereocenters. The van der Waals surface area contributed by atoms with Crippen LogP contribution < -0.4 is 16.4 Å². The fourth-order valence-electron chi connectivity index (χ4n) is 3.43. The van der Waals surface area contributed by atoms with E-state index in [1.165, 1.54) is 0 Å². The van der Waals surface area contributed by atoms with Crippen LogP contribution in [0.1, 0.15) is 38.2 Å². The lowest BCUT2D eigenvalue weighted by Crippen LogP contribution is -2.57. The molecule has 0 unspecified atom stereocenters. The first-order valence-electron chi connectivity index (χ1n) is 11.4. The van der Waals surface area contributed by atoms with Gasteiger partial charge in [-0.2, -0.15) is 0 Å². The summed E-state index contributed by atoms with van der Waals surface area (Å²) in [5.74, 6) is -1.20. The lowest BCUT2D eigenvalue weighted by Gasteiger charge is -2.38. The highest BCUT2D eigenvalue weighted by atomic mass is 16.7. The average Bonchev–Trinajstić information content (AvgIpc) is 2.81. The van der Waals surface area contributed by atoms with E-state index >= 15 is 0 Å². The molecule has 1 aromatic rings. The van der Waals surface area contributed by atoms with Gasteiger partial charge in [0.1, 0.15) is 18.3 Å². The van der Waals surface area contributed by atoms with Crippen LogP contribution in [0.4, 0.5) is 0 Å². The first-order valence-corrected chi connectivity index (χ1v) is 11.4. The zero-order valence-electron chi connectivity index (χ0n) is 19.3. The number of rotatable bonds is 12. The molecule has 0 aliphatic carbocycles. The Labute approximate surface area is 198 Å². The molecular formula is C23H35N3O8. The predicted molar refractivity (Wildman–Crippen MR) is 121 cm³/mol. The molecule has 0 bridgehead atoms. The first kappa shape index (κ1) is 27.8. The van der Waals surface area contributed by atoms with Crippen molar-refractivity contribution in [1.29, 1.82) is 0 Å². The molecule has 3 amide bonds. The van der Waals surface area contributed by atoms with E-state index in [2.05, 4.69) is 10.6 Å². The highest BCUT2D eigenvalue weighted by Gasteiger charge is 2.42. The van der Waals surface area contributed by atoms with Gasteiger partial charge in [-0.25, -0.2) is 0 Å². The van der Waals surface area contributed by atoms with E-state index in [0.29, 0.717) is 19.3 Å². The number of unbranched alkanes of at least 4 members (excludes halogenated alkanes) is 1. The normalized spacial score (nSPS) is 25.4. The van der Waals surface area contributed by atoms with Crippen LogP contribution in [0.15, 0.2) is 30.3 Å². The van der Waals surface area contributed by atoms with Crippen LogP contribution in [0.2, 0.25) is 0 Å². The van der Waals surface area contributed by atoms with Gasteiger partial charge in [0.2, 0.25) is 17.7 Å². The van der Waals surface area contributed by atoms with Crippen LogP contribution >= 0.6 is 0 Å². The Balaban J connectivity index is 1.53. The molecule has 1 aliphatic heterocycles. The van der Waals surface area contributed by atoms with Crippen LogP contribution in [0.5, 0.6) is 0 Å². The molecule has 2 rings (SSSR count). The van der Waals surface area contributed by atoms with Crippen molar-refractivity contribution in [2.24, 2.45) is 5.73 Å². The van der Waals surface area contributed by atoms with E-state index in [-0.39, 0.29) is 31.9 Å². The Morgan fingerprint density at radius 3 is 2.35 bits per heavy atom. The van der Waals surface area contributed by atoms with E-state index in [4.69, 9.17) is 15.2 Å². The molecular weight excluding hydrogens is 446 g/mol. The van der Waals surface area contributed by atoms with E-state index in [1.54, 1.807) is 6.92 Å². The van der Waals surface area contributed by atoms with Gasteiger partial charge in [0.15, 0.2) is 6.29 Å². The van der Waals surface area contributed by atoms with E-state index in [9.17, 15) is 29.7 Å². The summed E-state index contributed by atoms with van der Waals surface area (Å²) in [6.07, 6.45) is -4.28. The topological polar surface area (TPSA) is 180 Å². The molecule has 0 spiro atoms. The first-order chi connectivity index (χ1) is 16.2. The largest absolute Gasteiger partial charge is 0.388 e. The van der Waals surface area contributed by atoms with Gasteiger partial charge in [0.25, 0.3) is 0 Å². The Morgan fingerprint density at radius 1 is 1.03 bits per heavy atom. The van der Waals surface area contributed by atoms with Crippen molar-refractivity contribution in [1.82, 2.24) is 10.6 Å². The number of hydrogen-bond acceptors (Lipinski definition) is 9. The molecule has 7 N–H and O–H groups in total. The number of nitrogens with one attached hydrogen (secondary N) is 2. The van der Waals surface area contributed by atoms with Crippen molar-refractivity contribution in [3.63, 3.8) is 0 Å². The number of carbonyl (C=O) groups excluding carboxylic acids is 3. The molecule has 1 saturated heterocycles. The Morgan fingerprint density at radius 2 is 1.68 bits per heavy atom. The van der Waals surface area contributed by atoms with Gasteiger partial charge >= 0.3 is 0 Å². The second kappa shape index (κ2) is 14.1. The number of carbonyl (C=O) groups is 3. The van der Waals surface area contributed by atoms with Crippen molar-refractivity contribution in [3.05, 3.63) is 35.9 Å². The summed E-state index contributed by atoms with van der Waals surface area (Å²) >= 11 is 0. The second-order valence-corrected chi connectivity index (χ2v) is 8.32. The van der Waals surface area contributed by atoms with Gasteiger partial charge < -0.3 is 35.8 Å². The number of nitrogens with two attached hydrogens (primary N) is 1. The number of hydrogen-bond donors (Lipinski definition) is 6. The third kappa shape index (κ3) is 9.09. The number of ether oxygens (including phenoxy) is 2. The summed E-state index contributed by atoms with van der Waals surface area (Å²) < 4.78 is 10.6. The number of aliphatic hydroxyl groups is 3. The lowest BCUT2D eigenvalue weighted by molar-refractivity contribution is -0.292. The van der Waals surface area contributed by atoms with Crippen molar-refractivity contribution in [3.8, 4) is 0 Å². The SMILES string of the molecule is C[C@@H]1O[C@@H](OCCNC(=O)CCCCC(=O)NC(=O)[C@@H](N)Cc2ccccc2)[C@@H](O)[C@H](O)[C@@H]1O. The summed E-state index contributed by atoms with van der Waals surface area (Å²) in [7, 11) is 0. The third-order valence-corrected chi connectivity index (χ3v) is 5.47. The van der Waals surface area contributed by atoms with Crippen LogP contribution in [-0.4, -0.2) is 82.9 Å². The maximum Gasteiger partial charge on any atom is 0.243 e. The quantitative estimate of drug-likeness (QED) is 0.198. The molecule has 190 valence electrons. The Kier molecular flexibility index (Phi) is 11.5. The Hall–Kier alpha value is -2.41. The smallest absolute Gasteiger partial charge is 0.243 e. The molecule has 0 aromatic heterocycles. The van der Waals surface area contributed by atoms with E-state index in [1.807, 2.05) is 30.3 Å². The van der Waals surface area contributed by atoms with Crippen molar-refractivity contribution in [2.45, 2.75) is 75.8 Å². The number of aliphatic hydroxyl groups excluding tert-OH is 3. The number of benzene rings is 1. The molecule has 0 radical (unpaired) electrons. The number of imide groups is 1. The fourth-order valence-corrected chi connectivity index (χ4v) is 3.43. The Bertz CT molecular complexity index is 794. The zero-order chi connectivity index (χ0) is 25.1. The molecule has 11 nitrogen and oxygen atoms in total. The summed E-state index contributed by atoms with van der Waals surface area (Å²) in [5, 5.41) is 34.2. The van der Waals surface area contributed by atoms with Crippen molar-refractivity contribution < 1.29 is 39.2 Å². The molecule has 34 heavy (non-hydrogen) atoms. The van der Waals surface area contributed by atoms with Gasteiger partial charge in [-0.1, -0.05) is 30.3 Å². The molecule has 11 heteroatoms. The minimum Gasteiger partial charge on any atom is -0.388 e. The van der Waals surface area contributed by atoms with Crippen LogP contribution in [-0.2, 0) is 30.3 Å². The van der Waals surface area contributed by atoms with E-state index < -0.39 is 48.6 Å². The summed E-state index contributed by atoms with van der Waals surface area (Å²) in [4.78, 5) is 35.9. The minimum atomic E-state index is -1.40. The molecule has 1 aromatic carbocycles. The minimum absolute atomic E-state index is 0.0384. The molecule has 0 saturated carbocycles. The van der Waals surface area contributed by atoms with Crippen molar-refractivity contribution >= 4 is 17.7 Å². The molecule has 1 fully saturated rings. The average molecular weight is 482 g/mol. The highest BCUT2D eigenvalue weighted by Crippen LogP contribution is 2.21. The molecule has 1 aliphatic rings. The van der Waals surface area contributed by atoms with E-state index in [0.717, 1.165) is 5.56 Å². The maximum absolute atomic E-state index is 12.0. The van der Waals surface area contributed by atoms with Gasteiger partial charge in [-0.3, -0.25) is 19.7 Å². The summed E-state index contributed by atoms with van der Waals surface area (Å²) in [6.45, 7) is 1.75. The van der Waals surface area contributed by atoms with Crippen LogP contribution in [0.25, 0.3) is 0 Å². The number of amides is 3. The summed E-state index contributed by atoms with van der Waals surface area (Å²) in [5.41, 5.74) is 6.76. The molecule has 1 heterocycles.